The van der Waals surface area contributed by atoms with Crippen molar-refractivity contribution in [2.45, 2.75) is 94.9 Å². The summed E-state index contributed by atoms with van der Waals surface area (Å²) in [5, 5.41) is 12.3. The zero-order chi connectivity index (χ0) is 29.2. The van der Waals surface area contributed by atoms with Crippen molar-refractivity contribution in [3.05, 3.63) is 35.1 Å². The van der Waals surface area contributed by atoms with E-state index in [1.54, 1.807) is 34.0 Å². The van der Waals surface area contributed by atoms with Crippen LogP contribution in [0.3, 0.4) is 0 Å². The molecule has 2 bridgehead atoms. The Morgan fingerprint density at radius 1 is 1.12 bits per heavy atom. The lowest BCUT2D eigenvalue weighted by atomic mass is 9.50. The predicted molar refractivity (Wildman–Crippen MR) is 140 cm³/mol. The SMILES string of the molecule is COc1ccc2c3c1O[C@H]1C(OC(=O)[C@H](C)OC(=O)[C@H](C)OC(=O)OC(C)(C)C)=CC[C@]4(O)C(C2)N(C)CC[C@]314. The second-order valence-corrected chi connectivity index (χ2v) is 12.0. The molecule has 1 aromatic rings. The van der Waals surface area contributed by atoms with Crippen LogP contribution in [-0.2, 0) is 40.4 Å². The normalized spacial score (nSPS) is 29.6. The molecular weight excluding hydrogens is 522 g/mol. The van der Waals surface area contributed by atoms with Gasteiger partial charge in [0.2, 0.25) is 0 Å². The van der Waals surface area contributed by atoms with Crippen LogP contribution < -0.4 is 9.47 Å². The van der Waals surface area contributed by atoms with E-state index in [0.717, 1.165) is 17.7 Å². The number of carbonyl (C=O) groups is 3. The van der Waals surface area contributed by atoms with E-state index in [4.69, 9.17) is 28.4 Å². The Morgan fingerprint density at radius 3 is 2.50 bits per heavy atom. The number of benzene rings is 1. The average molecular weight is 560 g/mol. The molecule has 0 aromatic heterocycles. The van der Waals surface area contributed by atoms with Crippen LogP contribution >= 0.6 is 0 Å². The Labute approximate surface area is 233 Å². The van der Waals surface area contributed by atoms with E-state index >= 15 is 0 Å². The van der Waals surface area contributed by atoms with Gasteiger partial charge >= 0.3 is 18.1 Å². The molecule has 218 valence electrons. The number of carbonyl (C=O) groups excluding carboxylic acids is 3. The monoisotopic (exact) mass is 559 g/mol. The van der Waals surface area contributed by atoms with Gasteiger partial charge in [-0.3, -0.25) is 0 Å². The fourth-order valence-electron chi connectivity index (χ4n) is 6.57. The van der Waals surface area contributed by atoms with E-state index in [-0.39, 0.29) is 18.2 Å². The van der Waals surface area contributed by atoms with Crippen molar-refractivity contribution in [1.82, 2.24) is 4.90 Å². The van der Waals surface area contributed by atoms with Crippen LogP contribution in [0.2, 0.25) is 0 Å². The van der Waals surface area contributed by atoms with Gasteiger partial charge in [0.15, 0.2) is 29.8 Å². The van der Waals surface area contributed by atoms with Crippen LogP contribution in [0.15, 0.2) is 24.0 Å². The van der Waals surface area contributed by atoms with E-state index in [2.05, 4.69) is 4.90 Å². The number of nitrogens with zero attached hydrogens (tertiary/aromatic N) is 1. The number of esters is 2. The number of likely N-dealkylation sites (N-methyl/N-ethyl adjacent to an activating group) is 1. The molecule has 5 rings (SSSR count). The topological polar surface area (TPSA) is 130 Å². The van der Waals surface area contributed by atoms with Gasteiger partial charge in [0.05, 0.1) is 18.1 Å². The molecule has 11 heteroatoms. The van der Waals surface area contributed by atoms with Gasteiger partial charge in [-0.25, -0.2) is 14.4 Å². The summed E-state index contributed by atoms with van der Waals surface area (Å²) in [6, 6.07) is 3.74. The largest absolute Gasteiger partial charge is 0.509 e. The summed E-state index contributed by atoms with van der Waals surface area (Å²) in [5.41, 5.74) is -0.776. The first-order valence-corrected chi connectivity index (χ1v) is 13.5. The highest BCUT2D eigenvalue weighted by molar-refractivity contribution is 5.82. The molecule has 11 nitrogen and oxygen atoms in total. The Kier molecular flexibility index (Phi) is 6.81. The highest BCUT2D eigenvalue weighted by Crippen LogP contribution is 2.65. The number of hydrogen-bond donors (Lipinski definition) is 1. The Hall–Kier alpha value is -3.31. The summed E-state index contributed by atoms with van der Waals surface area (Å²) in [5.74, 6) is -0.384. The van der Waals surface area contributed by atoms with Crippen LogP contribution in [0.25, 0.3) is 0 Å². The summed E-state index contributed by atoms with van der Waals surface area (Å²) < 4.78 is 33.1. The first kappa shape index (κ1) is 28.2. The van der Waals surface area contributed by atoms with Gasteiger partial charge in [0.25, 0.3) is 0 Å². The molecule has 1 spiro atoms. The zero-order valence-electron chi connectivity index (χ0n) is 23.9. The second kappa shape index (κ2) is 9.66. The number of rotatable bonds is 6. The minimum Gasteiger partial charge on any atom is -0.493 e. The first-order chi connectivity index (χ1) is 18.7. The number of hydrogen-bond acceptors (Lipinski definition) is 11. The number of ether oxygens (including phenoxy) is 6. The molecule has 1 saturated heterocycles. The summed E-state index contributed by atoms with van der Waals surface area (Å²) in [7, 11) is 3.58. The van der Waals surface area contributed by atoms with E-state index in [1.165, 1.54) is 13.8 Å². The zero-order valence-corrected chi connectivity index (χ0v) is 23.9. The van der Waals surface area contributed by atoms with Crippen LogP contribution in [0, 0.1) is 0 Å². The van der Waals surface area contributed by atoms with Gasteiger partial charge in [0.1, 0.15) is 11.4 Å². The summed E-state index contributed by atoms with van der Waals surface area (Å²) in [6.45, 7) is 8.42. The van der Waals surface area contributed by atoms with Gasteiger partial charge in [-0.2, -0.15) is 0 Å². The number of piperidine rings is 1. The highest BCUT2D eigenvalue weighted by Gasteiger charge is 2.72. The molecular formula is C29H37NO10. The Bertz CT molecular complexity index is 1270. The van der Waals surface area contributed by atoms with Gasteiger partial charge in [-0.05, 0) is 78.8 Å². The van der Waals surface area contributed by atoms with Gasteiger partial charge in [-0.1, -0.05) is 6.07 Å². The maximum Gasteiger partial charge on any atom is 0.509 e. The molecule has 0 amide bonds. The number of methoxy groups -OCH3 is 1. The molecule has 1 N–H and O–H groups in total. The molecule has 0 radical (unpaired) electrons. The van der Waals surface area contributed by atoms with E-state index < -0.39 is 53.0 Å². The maximum atomic E-state index is 13.1. The van der Waals surface area contributed by atoms with Crippen molar-refractivity contribution in [3.63, 3.8) is 0 Å². The summed E-state index contributed by atoms with van der Waals surface area (Å²) in [4.78, 5) is 39.7. The average Bonchev–Trinajstić information content (AvgIpc) is 3.22. The molecule has 0 saturated carbocycles. The third-order valence-corrected chi connectivity index (χ3v) is 8.40. The standard InChI is InChI=1S/C29H37NO10/c1-15(36-24(31)16(2)37-26(33)40-27(3,4)5)25(32)38-19-10-11-29(34)20-14-17-8-9-18(35-7)22-21(17)28(29,23(19)39-22)12-13-30(20)6/h8-10,15-16,20,23,34H,11-14H2,1-7H3/t15-,16-,20?,23-,28-,29-/m0/s1. The van der Waals surface area contributed by atoms with E-state index in [9.17, 15) is 19.5 Å². The molecule has 2 aliphatic heterocycles. The molecule has 2 heterocycles. The summed E-state index contributed by atoms with van der Waals surface area (Å²) in [6.07, 6.45) is -1.19. The molecule has 4 aliphatic rings. The van der Waals surface area contributed by atoms with Crippen molar-refractivity contribution in [1.29, 1.82) is 0 Å². The second-order valence-electron chi connectivity index (χ2n) is 12.0. The summed E-state index contributed by atoms with van der Waals surface area (Å²) >= 11 is 0. The molecule has 6 atom stereocenters. The third-order valence-electron chi connectivity index (χ3n) is 8.40. The number of likely N-dealkylation sites (tertiary alicyclic amines) is 1. The molecule has 1 unspecified atom stereocenters. The van der Waals surface area contributed by atoms with Crippen molar-refractivity contribution in [2.24, 2.45) is 0 Å². The third kappa shape index (κ3) is 4.30. The van der Waals surface area contributed by atoms with Crippen molar-refractivity contribution >= 4 is 18.1 Å². The lowest BCUT2D eigenvalue weighted by molar-refractivity contribution is -0.178. The lowest BCUT2D eigenvalue weighted by Crippen LogP contribution is -2.74. The Morgan fingerprint density at radius 2 is 1.82 bits per heavy atom. The molecule has 1 aromatic carbocycles. The van der Waals surface area contributed by atoms with E-state index in [0.29, 0.717) is 24.3 Å². The predicted octanol–water partition coefficient (Wildman–Crippen LogP) is 2.79. The number of aliphatic hydroxyl groups is 1. The fraction of sp³-hybridized carbons (Fsp3) is 0.621. The highest BCUT2D eigenvalue weighted by atomic mass is 16.7. The first-order valence-electron chi connectivity index (χ1n) is 13.5. The van der Waals surface area contributed by atoms with Crippen LogP contribution in [0.4, 0.5) is 4.79 Å². The van der Waals surface area contributed by atoms with Gasteiger partial charge in [0, 0.05) is 18.0 Å². The minimum atomic E-state index is -1.30. The van der Waals surface area contributed by atoms with Crippen LogP contribution in [0.5, 0.6) is 11.5 Å². The van der Waals surface area contributed by atoms with Gasteiger partial charge < -0.3 is 38.4 Å². The van der Waals surface area contributed by atoms with E-state index in [1.807, 2.05) is 19.2 Å². The lowest BCUT2D eigenvalue weighted by Gasteiger charge is -2.61. The van der Waals surface area contributed by atoms with Crippen LogP contribution in [0.1, 0.15) is 58.6 Å². The molecule has 40 heavy (non-hydrogen) atoms. The fourth-order valence-corrected chi connectivity index (χ4v) is 6.57. The molecule has 2 aliphatic carbocycles. The molecule has 1 fully saturated rings. The van der Waals surface area contributed by atoms with Gasteiger partial charge in [-0.15, -0.1) is 0 Å². The quantitative estimate of drug-likeness (QED) is 0.408. The Balaban J connectivity index is 1.35. The van der Waals surface area contributed by atoms with Crippen LogP contribution in [-0.4, -0.2) is 84.4 Å². The smallest absolute Gasteiger partial charge is 0.493 e. The van der Waals surface area contributed by atoms with Crippen molar-refractivity contribution in [2.75, 3.05) is 20.7 Å². The van der Waals surface area contributed by atoms with Crippen molar-refractivity contribution < 1.29 is 47.9 Å². The maximum absolute atomic E-state index is 13.1. The van der Waals surface area contributed by atoms with Crippen molar-refractivity contribution in [3.8, 4) is 11.5 Å². The minimum absolute atomic E-state index is 0.140.